The van der Waals surface area contributed by atoms with Gasteiger partial charge in [0.05, 0.1) is 18.6 Å². The van der Waals surface area contributed by atoms with Gasteiger partial charge in [-0.15, -0.1) is 0 Å². The van der Waals surface area contributed by atoms with Crippen LogP contribution in [0.4, 0.5) is 15.8 Å². The van der Waals surface area contributed by atoms with Crippen LogP contribution >= 0.6 is 0 Å². The lowest BCUT2D eigenvalue weighted by molar-refractivity contribution is -0.386. The van der Waals surface area contributed by atoms with Crippen LogP contribution in [0.2, 0.25) is 0 Å². The van der Waals surface area contributed by atoms with E-state index in [-0.39, 0.29) is 30.1 Å². The molecule has 1 heterocycles. The summed E-state index contributed by atoms with van der Waals surface area (Å²) in [6, 6.07) is 2.22. The number of nitrogens with one attached hydrogen (secondary N) is 1. The highest BCUT2D eigenvalue weighted by Crippen LogP contribution is 2.32. The number of nitro groups is 1. The molecule has 1 aromatic rings. The number of hydrogen-bond acceptors (Lipinski definition) is 7. The minimum atomic E-state index is -1.02. The third kappa shape index (κ3) is 3.22. The number of nitrogens with two attached hydrogens (primary N) is 1. The van der Waals surface area contributed by atoms with E-state index >= 15 is 0 Å². The molecule has 0 fully saturated rings. The standard InChI is InChI=1S/C12H13FN4O5/c1-21-6-2-8(13)11(17(19)20)9(3-6)15-5-7-4-10(12(14)18)16-22-7/h2-3,7,15H,4-5H2,1H3,(H2,14,18)/t7-/m0/s1. The normalized spacial score (nSPS) is 16.6. The number of nitrogens with zero attached hydrogens (tertiary/aromatic N) is 2. The maximum Gasteiger partial charge on any atom is 0.327 e. The van der Waals surface area contributed by atoms with Crippen LogP contribution in [0.15, 0.2) is 17.3 Å². The molecule has 0 spiro atoms. The van der Waals surface area contributed by atoms with Gasteiger partial charge in [-0.1, -0.05) is 5.16 Å². The van der Waals surface area contributed by atoms with Crippen LogP contribution in [0.1, 0.15) is 6.42 Å². The first-order valence-electron chi connectivity index (χ1n) is 6.20. The monoisotopic (exact) mass is 312 g/mol. The topological polar surface area (TPSA) is 129 Å². The number of benzene rings is 1. The van der Waals surface area contributed by atoms with E-state index in [2.05, 4.69) is 10.5 Å². The molecule has 0 radical (unpaired) electrons. The molecule has 10 heteroatoms. The van der Waals surface area contributed by atoms with Crippen molar-refractivity contribution in [3.8, 4) is 5.75 Å². The van der Waals surface area contributed by atoms with Crippen LogP contribution in [0, 0.1) is 15.9 Å². The van der Waals surface area contributed by atoms with Gasteiger partial charge in [-0.3, -0.25) is 14.9 Å². The van der Waals surface area contributed by atoms with Crippen molar-refractivity contribution in [1.82, 2.24) is 0 Å². The van der Waals surface area contributed by atoms with Gasteiger partial charge in [-0.05, 0) is 0 Å². The number of oxime groups is 1. The molecule has 0 bridgehead atoms. The van der Waals surface area contributed by atoms with Crippen LogP contribution in [0.5, 0.6) is 5.75 Å². The van der Waals surface area contributed by atoms with Crippen molar-refractivity contribution in [3.63, 3.8) is 0 Å². The maximum atomic E-state index is 13.7. The van der Waals surface area contributed by atoms with E-state index in [0.29, 0.717) is 0 Å². The van der Waals surface area contributed by atoms with Gasteiger partial charge < -0.3 is 20.6 Å². The van der Waals surface area contributed by atoms with Crippen LogP contribution in [-0.2, 0) is 9.63 Å². The molecule has 2 rings (SSSR count). The molecule has 9 nitrogen and oxygen atoms in total. The van der Waals surface area contributed by atoms with Crippen LogP contribution < -0.4 is 15.8 Å². The Kier molecular flexibility index (Phi) is 4.39. The van der Waals surface area contributed by atoms with E-state index in [9.17, 15) is 19.3 Å². The predicted octanol–water partition coefficient (Wildman–Crippen LogP) is 0.785. The Hall–Kier alpha value is -2.91. The van der Waals surface area contributed by atoms with Crippen molar-refractivity contribution in [2.45, 2.75) is 12.5 Å². The molecule has 1 atom stereocenters. The van der Waals surface area contributed by atoms with E-state index in [1.54, 1.807) is 0 Å². The Morgan fingerprint density at radius 2 is 2.41 bits per heavy atom. The number of primary amides is 1. The fourth-order valence-corrected chi connectivity index (χ4v) is 1.92. The molecule has 0 saturated heterocycles. The number of amides is 1. The minimum Gasteiger partial charge on any atom is -0.497 e. The molecule has 22 heavy (non-hydrogen) atoms. The fourth-order valence-electron chi connectivity index (χ4n) is 1.92. The van der Waals surface area contributed by atoms with Crippen molar-refractivity contribution in [2.75, 3.05) is 19.0 Å². The highest BCUT2D eigenvalue weighted by atomic mass is 19.1. The van der Waals surface area contributed by atoms with Gasteiger partial charge in [0.2, 0.25) is 5.82 Å². The molecule has 0 aromatic heterocycles. The molecule has 3 N–H and O–H groups in total. The van der Waals surface area contributed by atoms with Gasteiger partial charge in [-0.2, -0.15) is 4.39 Å². The second-order valence-corrected chi connectivity index (χ2v) is 4.48. The zero-order valence-corrected chi connectivity index (χ0v) is 11.5. The first-order valence-corrected chi connectivity index (χ1v) is 6.20. The summed E-state index contributed by atoms with van der Waals surface area (Å²) in [5.74, 6) is -1.58. The van der Waals surface area contributed by atoms with Crippen LogP contribution in [0.25, 0.3) is 0 Å². The molecule has 1 aromatic carbocycles. The third-order valence-corrected chi connectivity index (χ3v) is 2.99. The third-order valence-electron chi connectivity index (χ3n) is 2.99. The SMILES string of the molecule is COc1cc(F)c([N+](=O)[O-])c(NC[C@@H]2CC(C(N)=O)=NO2)c1. The lowest BCUT2D eigenvalue weighted by atomic mass is 10.1. The zero-order valence-electron chi connectivity index (χ0n) is 11.5. The quantitative estimate of drug-likeness (QED) is 0.590. The van der Waals surface area contributed by atoms with Crippen molar-refractivity contribution in [1.29, 1.82) is 0 Å². The van der Waals surface area contributed by atoms with Crippen molar-refractivity contribution >= 4 is 23.0 Å². The number of carbonyl (C=O) groups excluding carboxylic acids is 1. The van der Waals surface area contributed by atoms with Crippen LogP contribution in [0.3, 0.4) is 0 Å². The van der Waals surface area contributed by atoms with Crippen molar-refractivity contribution in [3.05, 3.63) is 28.1 Å². The number of nitro benzene ring substituents is 1. The Labute approximate surface area is 124 Å². The number of carbonyl (C=O) groups is 1. The zero-order chi connectivity index (χ0) is 16.3. The number of rotatable bonds is 6. The number of hydrogen-bond donors (Lipinski definition) is 2. The molecule has 0 aliphatic carbocycles. The second kappa shape index (κ2) is 6.24. The summed E-state index contributed by atoms with van der Waals surface area (Å²) in [7, 11) is 1.32. The van der Waals surface area contributed by atoms with Gasteiger partial charge in [0, 0.05) is 18.6 Å². The predicted molar refractivity (Wildman–Crippen MR) is 74.2 cm³/mol. The summed E-state index contributed by atoms with van der Waals surface area (Å²) in [5, 5.41) is 17.2. The second-order valence-electron chi connectivity index (χ2n) is 4.48. The smallest absolute Gasteiger partial charge is 0.327 e. The molecular weight excluding hydrogens is 299 g/mol. The summed E-state index contributed by atoms with van der Waals surface area (Å²) < 4.78 is 18.6. The van der Waals surface area contributed by atoms with Crippen molar-refractivity contribution < 1.29 is 23.7 Å². The fraction of sp³-hybridized carbons (Fsp3) is 0.333. The average molecular weight is 312 g/mol. The molecule has 0 unspecified atom stereocenters. The Morgan fingerprint density at radius 3 is 2.95 bits per heavy atom. The van der Waals surface area contributed by atoms with Gasteiger partial charge in [0.1, 0.15) is 17.1 Å². The Balaban J connectivity index is 2.11. The number of anilines is 1. The molecule has 118 valence electrons. The molecule has 1 amide bonds. The lowest BCUT2D eigenvalue weighted by Gasteiger charge is -2.12. The molecule has 1 aliphatic heterocycles. The van der Waals surface area contributed by atoms with Gasteiger partial charge >= 0.3 is 5.69 Å². The van der Waals surface area contributed by atoms with Gasteiger partial charge in [0.15, 0.2) is 6.10 Å². The van der Waals surface area contributed by atoms with E-state index in [1.165, 1.54) is 13.2 Å². The Morgan fingerprint density at radius 1 is 1.68 bits per heavy atom. The highest BCUT2D eigenvalue weighted by molar-refractivity contribution is 6.38. The number of ether oxygens (including phenoxy) is 1. The molecule has 1 aliphatic rings. The highest BCUT2D eigenvalue weighted by Gasteiger charge is 2.27. The number of halogens is 1. The molecular formula is C12H13FN4O5. The lowest BCUT2D eigenvalue weighted by Crippen LogP contribution is -2.26. The van der Waals surface area contributed by atoms with Crippen LogP contribution in [-0.4, -0.2) is 36.3 Å². The summed E-state index contributed by atoms with van der Waals surface area (Å²) in [6.45, 7) is 0.0771. The van der Waals surface area contributed by atoms with E-state index in [0.717, 1.165) is 6.07 Å². The average Bonchev–Trinajstić information content (AvgIpc) is 2.93. The van der Waals surface area contributed by atoms with Crippen molar-refractivity contribution in [2.24, 2.45) is 10.9 Å². The minimum absolute atomic E-state index is 0.0574. The first kappa shape index (κ1) is 15.5. The summed E-state index contributed by atoms with van der Waals surface area (Å²) in [5.41, 5.74) is 4.39. The molecule has 0 saturated carbocycles. The summed E-state index contributed by atoms with van der Waals surface area (Å²) in [4.78, 5) is 26.0. The van der Waals surface area contributed by atoms with Gasteiger partial charge in [0.25, 0.3) is 5.91 Å². The summed E-state index contributed by atoms with van der Waals surface area (Å²) >= 11 is 0. The van der Waals surface area contributed by atoms with E-state index in [1.807, 2.05) is 0 Å². The maximum absolute atomic E-state index is 13.7. The van der Waals surface area contributed by atoms with E-state index in [4.69, 9.17) is 15.3 Å². The van der Waals surface area contributed by atoms with Gasteiger partial charge in [-0.25, -0.2) is 0 Å². The summed E-state index contributed by atoms with van der Waals surface area (Å²) in [6.07, 6.45) is -0.362. The van der Waals surface area contributed by atoms with E-state index < -0.39 is 28.4 Å². The Bertz CT molecular complexity index is 649. The first-order chi connectivity index (χ1) is 10.4. The number of methoxy groups -OCH3 is 1. The largest absolute Gasteiger partial charge is 0.497 e.